The van der Waals surface area contributed by atoms with E-state index in [-0.39, 0.29) is 0 Å². The van der Waals surface area contributed by atoms with Crippen molar-refractivity contribution in [2.24, 2.45) is 0 Å². The van der Waals surface area contributed by atoms with Crippen LogP contribution < -0.4 is 14.4 Å². The van der Waals surface area contributed by atoms with Gasteiger partial charge in [-0.25, -0.2) is 0 Å². The second-order valence-corrected chi connectivity index (χ2v) is 6.63. The molecule has 1 atom stereocenters. The van der Waals surface area contributed by atoms with Crippen molar-refractivity contribution in [1.82, 2.24) is 0 Å². The van der Waals surface area contributed by atoms with Crippen LogP contribution in [0.3, 0.4) is 0 Å². The van der Waals surface area contributed by atoms with E-state index in [1.54, 1.807) is 14.2 Å². The molecule has 1 aliphatic heterocycles. The number of carboxylic acid groups (broad SMARTS) is 1. The fourth-order valence-corrected chi connectivity index (χ4v) is 3.81. The highest BCUT2D eigenvalue weighted by Crippen LogP contribution is 2.39. The van der Waals surface area contributed by atoms with Gasteiger partial charge >= 0.3 is 5.97 Å². The predicted molar refractivity (Wildman–Crippen MR) is 101 cm³/mol. The number of hydrogen-bond acceptors (Lipinski definition) is 4. The number of rotatable bonds is 5. The Morgan fingerprint density at radius 1 is 1.04 bits per heavy atom. The standard InChI is InChI=1S/C21H25NO4/c1-25-17-8-5-7-16(15-17)21(20(23)24)11-6-13-22(14-12-21)18-9-3-4-10-19(18)26-2/h3-5,7-10,15H,6,11-14H2,1-2H3,(H,23,24). The van der Waals surface area contributed by atoms with Crippen LogP contribution in [0, 0.1) is 0 Å². The Kier molecular flexibility index (Phi) is 5.35. The molecule has 2 aromatic rings. The summed E-state index contributed by atoms with van der Waals surface area (Å²) in [4.78, 5) is 14.5. The number of methoxy groups -OCH3 is 2. The van der Waals surface area contributed by atoms with E-state index in [1.165, 1.54) is 0 Å². The quantitative estimate of drug-likeness (QED) is 0.886. The van der Waals surface area contributed by atoms with Crippen molar-refractivity contribution < 1.29 is 19.4 Å². The van der Waals surface area contributed by atoms with E-state index in [9.17, 15) is 9.90 Å². The maximum atomic E-state index is 12.3. The lowest BCUT2D eigenvalue weighted by atomic mass is 9.74. The summed E-state index contributed by atoms with van der Waals surface area (Å²) in [5.74, 6) is 0.735. The van der Waals surface area contributed by atoms with E-state index >= 15 is 0 Å². The van der Waals surface area contributed by atoms with Gasteiger partial charge in [-0.15, -0.1) is 0 Å². The molecule has 0 aliphatic carbocycles. The zero-order valence-electron chi connectivity index (χ0n) is 15.3. The topological polar surface area (TPSA) is 59.0 Å². The Hall–Kier alpha value is -2.69. The highest BCUT2D eigenvalue weighted by Gasteiger charge is 2.42. The molecule has 1 aliphatic rings. The average Bonchev–Trinajstić information content (AvgIpc) is 2.92. The number of ether oxygens (including phenoxy) is 2. The number of para-hydroxylation sites is 2. The van der Waals surface area contributed by atoms with Crippen molar-refractivity contribution in [2.45, 2.75) is 24.7 Å². The maximum absolute atomic E-state index is 12.3. The van der Waals surface area contributed by atoms with Gasteiger partial charge in [-0.2, -0.15) is 0 Å². The fraction of sp³-hybridized carbons (Fsp3) is 0.381. The number of nitrogens with zero attached hydrogens (tertiary/aromatic N) is 1. The summed E-state index contributed by atoms with van der Waals surface area (Å²) in [7, 11) is 3.26. The van der Waals surface area contributed by atoms with E-state index in [0.29, 0.717) is 25.1 Å². The minimum absolute atomic E-state index is 0.535. The average molecular weight is 355 g/mol. The van der Waals surface area contributed by atoms with Crippen molar-refractivity contribution >= 4 is 11.7 Å². The van der Waals surface area contributed by atoms with Gasteiger partial charge in [0.25, 0.3) is 0 Å². The first-order valence-electron chi connectivity index (χ1n) is 8.86. The molecule has 0 saturated carbocycles. The van der Waals surface area contributed by atoms with Crippen LogP contribution >= 0.6 is 0 Å². The first-order chi connectivity index (χ1) is 12.6. The fourth-order valence-electron chi connectivity index (χ4n) is 3.81. The normalized spacial score (nSPS) is 20.3. The monoisotopic (exact) mass is 355 g/mol. The smallest absolute Gasteiger partial charge is 0.314 e. The van der Waals surface area contributed by atoms with Crippen LogP contribution in [0.2, 0.25) is 0 Å². The zero-order chi connectivity index (χ0) is 18.6. The van der Waals surface area contributed by atoms with E-state index < -0.39 is 11.4 Å². The molecule has 1 unspecified atom stereocenters. The first-order valence-corrected chi connectivity index (χ1v) is 8.86. The summed E-state index contributed by atoms with van der Waals surface area (Å²) in [5, 5.41) is 10.1. The van der Waals surface area contributed by atoms with Gasteiger partial charge in [-0.1, -0.05) is 24.3 Å². The molecule has 0 spiro atoms. The predicted octanol–water partition coefficient (Wildman–Crippen LogP) is 3.72. The van der Waals surface area contributed by atoms with E-state index in [2.05, 4.69) is 4.90 Å². The zero-order valence-corrected chi connectivity index (χ0v) is 15.3. The number of carboxylic acids is 1. The summed E-state index contributed by atoms with van der Waals surface area (Å²) in [6.07, 6.45) is 1.93. The SMILES string of the molecule is COc1cccc(C2(C(=O)O)CCCN(c3ccccc3OC)CC2)c1. The van der Waals surface area contributed by atoms with E-state index in [4.69, 9.17) is 9.47 Å². The molecule has 5 nitrogen and oxygen atoms in total. The highest BCUT2D eigenvalue weighted by atomic mass is 16.5. The largest absolute Gasteiger partial charge is 0.497 e. The number of hydrogen-bond donors (Lipinski definition) is 1. The third-order valence-corrected chi connectivity index (χ3v) is 5.30. The lowest BCUT2D eigenvalue weighted by molar-refractivity contribution is -0.144. The van der Waals surface area contributed by atoms with Crippen LogP contribution in [0.4, 0.5) is 5.69 Å². The number of anilines is 1. The Morgan fingerprint density at radius 2 is 1.85 bits per heavy atom. The molecule has 3 rings (SSSR count). The van der Waals surface area contributed by atoms with Crippen molar-refractivity contribution in [2.75, 3.05) is 32.2 Å². The van der Waals surface area contributed by atoms with Gasteiger partial charge in [0.05, 0.1) is 25.3 Å². The summed E-state index contributed by atoms with van der Waals surface area (Å²) in [5.41, 5.74) is 0.929. The molecule has 1 N–H and O–H groups in total. The lowest BCUT2D eigenvalue weighted by Gasteiger charge is -2.29. The van der Waals surface area contributed by atoms with Gasteiger partial charge < -0.3 is 19.5 Å². The number of carbonyl (C=O) groups is 1. The van der Waals surface area contributed by atoms with Crippen LogP contribution in [-0.4, -0.2) is 38.4 Å². The van der Waals surface area contributed by atoms with Crippen molar-refractivity contribution in [3.63, 3.8) is 0 Å². The molecule has 5 heteroatoms. The van der Waals surface area contributed by atoms with Crippen molar-refractivity contribution in [3.05, 3.63) is 54.1 Å². The molecule has 138 valence electrons. The molecule has 1 saturated heterocycles. The minimum atomic E-state index is -0.898. The molecule has 26 heavy (non-hydrogen) atoms. The third kappa shape index (κ3) is 3.34. The molecule has 1 fully saturated rings. The van der Waals surface area contributed by atoms with Gasteiger partial charge in [0.15, 0.2) is 0 Å². The van der Waals surface area contributed by atoms with Crippen LogP contribution in [0.15, 0.2) is 48.5 Å². The van der Waals surface area contributed by atoms with Crippen molar-refractivity contribution in [3.8, 4) is 11.5 Å². The van der Waals surface area contributed by atoms with Crippen LogP contribution in [0.25, 0.3) is 0 Å². The maximum Gasteiger partial charge on any atom is 0.314 e. The molecule has 2 aromatic carbocycles. The summed E-state index contributed by atoms with van der Waals surface area (Å²) >= 11 is 0. The van der Waals surface area contributed by atoms with E-state index in [0.717, 1.165) is 30.0 Å². The van der Waals surface area contributed by atoms with Crippen LogP contribution in [-0.2, 0) is 10.2 Å². The molecule has 1 heterocycles. The Labute approximate surface area is 154 Å². The van der Waals surface area contributed by atoms with E-state index in [1.807, 2.05) is 48.5 Å². The molecular formula is C21H25NO4. The summed E-state index contributed by atoms with van der Waals surface area (Å²) < 4.78 is 10.8. The number of aliphatic carboxylic acids is 1. The molecule has 0 bridgehead atoms. The first kappa shape index (κ1) is 18.1. The Balaban J connectivity index is 1.92. The second kappa shape index (κ2) is 7.68. The lowest BCUT2D eigenvalue weighted by Crippen LogP contribution is -2.37. The minimum Gasteiger partial charge on any atom is -0.497 e. The van der Waals surface area contributed by atoms with Gasteiger partial charge in [-0.05, 0) is 49.1 Å². The molecule has 0 radical (unpaired) electrons. The van der Waals surface area contributed by atoms with Gasteiger partial charge in [0.1, 0.15) is 11.5 Å². The summed E-state index contributed by atoms with van der Waals surface area (Å²) in [6, 6.07) is 15.3. The molecular weight excluding hydrogens is 330 g/mol. The van der Waals surface area contributed by atoms with Crippen LogP contribution in [0.5, 0.6) is 11.5 Å². The van der Waals surface area contributed by atoms with Gasteiger partial charge in [0, 0.05) is 13.1 Å². The molecule has 0 amide bonds. The molecule has 0 aromatic heterocycles. The summed E-state index contributed by atoms with van der Waals surface area (Å²) in [6.45, 7) is 1.46. The van der Waals surface area contributed by atoms with Gasteiger partial charge in [0.2, 0.25) is 0 Å². The number of benzene rings is 2. The third-order valence-electron chi connectivity index (χ3n) is 5.30. The van der Waals surface area contributed by atoms with Crippen molar-refractivity contribution in [1.29, 1.82) is 0 Å². The Morgan fingerprint density at radius 3 is 2.58 bits per heavy atom. The Bertz CT molecular complexity index is 776. The highest BCUT2D eigenvalue weighted by molar-refractivity contribution is 5.82. The van der Waals surface area contributed by atoms with Gasteiger partial charge in [-0.3, -0.25) is 4.79 Å². The van der Waals surface area contributed by atoms with Crippen LogP contribution in [0.1, 0.15) is 24.8 Å². The second-order valence-electron chi connectivity index (χ2n) is 6.63.